The molecule has 0 amide bonds. The zero-order valence-corrected chi connectivity index (χ0v) is 40.9. The van der Waals surface area contributed by atoms with Crippen molar-refractivity contribution < 1.29 is 0 Å². The highest BCUT2D eigenvalue weighted by atomic mass is 32.1. The molecule has 0 bridgehead atoms. The predicted molar refractivity (Wildman–Crippen MR) is 313 cm³/mol. The van der Waals surface area contributed by atoms with Gasteiger partial charge in [-0.1, -0.05) is 231 Å². The number of benzene rings is 12. The third-order valence-corrected chi connectivity index (χ3v) is 16.9. The molecule has 0 saturated carbocycles. The summed E-state index contributed by atoms with van der Waals surface area (Å²) in [7, 11) is 0. The van der Waals surface area contributed by atoms with Crippen molar-refractivity contribution in [2.45, 2.75) is 0 Å². The lowest BCUT2D eigenvalue weighted by molar-refractivity contribution is 1.64. The van der Waals surface area contributed by atoms with Crippen LogP contribution in [0.5, 0.6) is 0 Å². The van der Waals surface area contributed by atoms with Crippen LogP contribution in [-0.2, 0) is 0 Å². The van der Waals surface area contributed by atoms with Crippen LogP contribution < -0.4 is 0 Å². The SMILES string of the molecule is c1ccc(-c2ccc(-c3ccc(-c4c5ccccc5c(-c5ccc(-c6ccc(-c7ccccc7)s6)cc5)c5cc(-c6c7ccccc7c(-c7ccc8ccccc8c7)c7ccccc67)ccc45)cc3)s2)cc1. The van der Waals surface area contributed by atoms with Crippen LogP contribution in [0.3, 0.4) is 0 Å². The normalized spacial score (nSPS) is 11.6. The molecule has 0 saturated heterocycles. The summed E-state index contributed by atoms with van der Waals surface area (Å²) in [5.74, 6) is 0. The molecule has 0 unspecified atom stereocenters. The molecule has 0 radical (unpaired) electrons. The van der Waals surface area contributed by atoms with Crippen LogP contribution in [0.1, 0.15) is 0 Å². The molecule has 0 aliphatic carbocycles. The molecule has 2 aromatic heterocycles. The summed E-state index contributed by atoms with van der Waals surface area (Å²) in [6.45, 7) is 0. The minimum absolute atomic E-state index is 1.20. The van der Waals surface area contributed by atoms with Crippen LogP contribution >= 0.6 is 22.7 Å². The van der Waals surface area contributed by atoms with Crippen molar-refractivity contribution in [1.29, 1.82) is 0 Å². The molecule has 336 valence electrons. The first-order valence-electron chi connectivity index (χ1n) is 24.6. The van der Waals surface area contributed by atoms with Gasteiger partial charge in [0, 0.05) is 19.5 Å². The van der Waals surface area contributed by atoms with Gasteiger partial charge in [-0.05, 0) is 157 Å². The molecule has 0 N–H and O–H groups in total. The first-order chi connectivity index (χ1) is 35.7. The van der Waals surface area contributed by atoms with E-state index >= 15 is 0 Å². The molecule has 2 heterocycles. The number of hydrogen-bond acceptors (Lipinski definition) is 2. The van der Waals surface area contributed by atoms with E-state index in [1.165, 1.54) is 140 Å². The van der Waals surface area contributed by atoms with E-state index in [9.17, 15) is 0 Å². The fourth-order valence-electron chi connectivity index (χ4n) is 11.2. The van der Waals surface area contributed by atoms with E-state index in [-0.39, 0.29) is 0 Å². The zero-order chi connectivity index (χ0) is 47.5. The van der Waals surface area contributed by atoms with Crippen molar-refractivity contribution in [2.24, 2.45) is 0 Å². The van der Waals surface area contributed by atoms with Gasteiger partial charge in [-0.15, -0.1) is 22.7 Å². The number of rotatable bonds is 8. The van der Waals surface area contributed by atoms with Gasteiger partial charge in [0.2, 0.25) is 0 Å². The topological polar surface area (TPSA) is 0 Å². The van der Waals surface area contributed by atoms with E-state index in [0.717, 1.165) is 0 Å². The summed E-state index contributed by atoms with van der Waals surface area (Å²) < 4.78 is 0. The molecule has 0 atom stereocenters. The molecule has 14 rings (SSSR count). The van der Waals surface area contributed by atoms with Crippen molar-refractivity contribution in [3.05, 3.63) is 267 Å². The molecule has 0 nitrogen and oxygen atoms in total. The summed E-state index contributed by atoms with van der Waals surface area (Å²) in [6, 6.07) is 98.9. The van der Waals surface area contributed by atoms with Gasteiger partial charge in [0.25, 0.3) is 0 Å². The fourth-order valence-corrected chi connectivity index (χ4v) is 13.2. The molecule has 72 heavy (non-hydrogen) atoms. The van der Waals surface area contributed by atoms with Gasteiger partial charge >= 0.3 is 0 Å². The average Bonchev–Trinajstić information content (AvgIpc) is 4.17. The smallest absolute Gasteiger partial charge is 0.0349 e. The molecular weight excluding hydrogens is 905 g/mol. The van der Waals surface area contributed by atoms with Crippen LogP contribution in [0.25, 0.3) is 140 Å². The Morgan fingerprint density at radius 2 is 0.458 bits per heavy atom. The maximum absolute atomic E-state index is 2.50. The van der Waals surface area contributed by atoms with Gasteiger partial charge in [0.1, 0.15) is 0 Å². The predicted octanol–water partition coefficient (Wildman–Crippen LogP) is 20.9. The standard InChI is InChI=1S/C70H44S2/c1-3-16-46(17-4-1)63-39-41-65(71-63)48-28-32-50(33-29-48)67-55-21-9-10-22-56(55)68(51-34-30-49(31-35-51)66-42-40-64(72-66)47-18-5-2-6-19-47)62-44-54(37-38-61(62)67)70-59-25-13-11-23-57(59)69(58-24-12-14-26-60(58)70)53-36-27-45-15-7-8-20-52(45)43-53/h1-44H. The molecule has 14 aromatic rings. The lowest BCUT2D eigenvalue weighted by Gasteiger charge is -2.21. The highest BCUT2D eigenvalue weighted by molar-refractivity contribution is 7.19. The van der Waals surface area contributed by atoms with E-state index in [0.29, 0.717) is 0 Å². The number of fused-ring (bicyclic) bond motifs is 5. The maximum atomic E-state index is 2.50. The van der Waals surface area contributed by atoms with Crippen LogP contribution in [0, 0.1) is 0 Å². The molecule has 12 aromatic carbocycles. The minimum Gasteiger partial charge on any atom is -0.135 e. The second-order valence-corrected chi connectivity index (χ2v) is 20.8. The largest absolute Gasteiger partial charge is 0.135 e. The Balaban J connectivity index is 0.975. The number of thiophene rings is 2. The Kier molecular flexibility index (Phi) is 10.3. The molecule has 0 aliphatic rings. The summed E-state index contributed by atoms with van der Waals surface area (Å²) in [6.07, 6.45) is 0. The van der Waals surface area contributed by atoms with E-state index in [1.807, 2.05) is 22.7 Å². The Labute approximate surface area is 427 Å². The van der Waals surface area contributed by atoms with Crippen molar-refractivity contribution in [1.82, 2.24) is 0 Å². The van der Waals surface area contributed by atoms with E-state index in [4.69, 9.17) is 0 Å². The third kappa shape index (κ3) is 7.26. The lowest BCUT2D eigenvalue weighted by atomic mass is 9.82. The van der Waals surface area contributed by atoms with Crippen molar-refractivity contribution in [2.75, 3.05) is 0 Å². The number of hydrogen-bond donors (Lipinski definition) is 0. The van der Waals surface area contributed by atoms with Gasteiger partial charge in [-0.3, -0.25) is 0 Å². The molecular formula is C70H44S2. The Hall–Kier alpha value is -8.66. The van der Waals surface area contributed by atoms with Crippen molar-refractivity contribution in [3.8, 4) is 86.3 Å². The summed E-state index contributed by atoms with van der Waals surface area (Å²) >= 11 is 3.69. The van der Waals surface area contributed by atoms with Gasteiger partial charge in [0.15, 0.2) is 0 Å². The maximum Gasteiger partial charge on any atom is 0.0349 e. The minimum atomic E-state index is 1.20. The van der Waals surface area contributed by atoms with E-state index < -0.39 is 0 Å². The average molecular weight is 949 g/mol. The molecule has 0 fully saturated rings. The Bertz CT molecular complexity index is 4290. The van der Waals surface area contributed by atoms with Gasteiger partial charge in [-0.2, -0.15) is 0 Å². The Morgan fingerprint density at radius 1 is 0.167 bits per heavy atom. The first-order valence-corrected chi connectivity index (χ1v) is 26.3. The summed E-state index contributed by atoms with van der Waals surface area (Å²) in [4.78, 5) is 5.09. The van der Waals surface area contributed by atoms with E-state index in [1.54, 1.807) is 0 Å². The van der Waals surface area contributed by atoms with Crippen LogP contribution in [0.15, 0.2) is 267 Å². The molecule has 0 spiro atoms. The monoisotopic (exact) mass is 948 g/mol. The third-order valence-electron chi connectivity index (χ3n) is 14.5. The summed E-state index contributed by atoms with van der Waals surface area (Å²) in [5.41, 5.74) is 14.8. The van der Waals surface area contributed by atoms with E-state index in [2.05, 4.69) is 267 Å². The fraction of sp³-hybridized carbons (Fsp3) is 0. The zero-order valence-electron chi connectivity index (χ0n) is 39.2. The lowest BCUT2D eigenvalue weighted by Crippen LogP contribution is -1.94. The van der Waals surface area contributed by atoms with Gasteiger partial charge in [0.05, 0.1) is 0 Å². The van der Waals surface area contributed by atoms with Crippen LogP contribution in [0.4, 0.5) is 0 Å². The quantitative estimate of drug-likeness (QED) is 0.133. The second-order valence-electron chi connectivity index (χ2n) is 18.7. The second kappa shape index (κ2) is 17.6. The highest BCUT2D eigenvalue weighted by Gasteiger charge is 2.21. The molecule has 0 aliphatic heterocycles. The Morgan fingerprint density at radius 3 is 0.903 bits per heavy atom. The molecule has 2 heteroatoms. The van der Waals surface area contributed by atoms with Crippen LogP contribution in [0.2, 0.25) is 0 Å². The summed E-state index contributed by atoms with van der Waals surface area (Å²) in [5, 5.41) is 12.4. The van der Waals surface area contributed by atoms with Gasteiger partial charge < -0.3 is 0 Å². The highest BCUT2D eigenvalue weighted by Crippen LogP contribution is 2.49. The van der Waals surface area contributed by atoms with Crippen molar-refractivity contribution >= 4 is 76.5 Å². The van der Waals surface area contributed by atoms with Crippen LogP contribution in [-0.4, -0.2) is 0 Å². The van der Waals surface area contributed by atoms with Gasteiger partial charge in [-0.25, -0.2) is 0 Å². The first kappa shape index (κ1) is 42.2. The van der Waals surface area contributed by atoms with Crippen molar-refractivity contribution in [3.63, 3.8) is 0 Å².